The SMILES string of the molecule is C=C(Cl)/C(C#N)=C\C=C(/CC)N1C(=O)O[C@@H](C)[C@@H]1CO. The lowest BCUT2D eigenvalue weighted by atomic mass is 10.1. The Morgan fingerprint density at radius 1 is 1.65 bits per heavy atom. The van der Waals surface area contributed by atoms with Crippen molar-refractivity contribution < 1.29 is 14.6 Å². The minimum atomic E-state index is -0.499. The summed E-state index contributed by atoms with van der Waals surface area (Å²) in [5.74, 6) is 0. The van der Waals surface area contributed by atoms with Gasteiger partial charge in [0.1, 0.15) is 12.2 Å². The number of rotatable bonds is 5. The topological polar surface area (TPSA) is 73.6 Å². The van der Waals surface area contributed by atoms with Crippen LogP contribution in [0.1, 0.15) is 20.3 Å². The number of allylic oxidation sites excluding steroid dienone is 5. The van der Waals surface area contributed by atoms with Crippen LogP contribution in [-0.4, -0.2) is 34.9 Å². The van der Waals surface area contributed by atoms with E-state index in [1.54, 1.807) is 13.0 Å². The second-order valence-corrected chi connectivity index (χ2v) is 4.77. The van der Waals surface area contributed by atoms with Crippen molar-refractivity contribution in [3.63, 3.8) is 0 Å². The highest BCUT2D eigenvalue weighted by Crippen LogP contribution is 2.26. The third kappa shape index (κ3) is 3.41. The van der Waals surface area contributed by atoms with E-state index in [1.807, 2.05) is 13.0 Å². The van der Waals surface area contributed by atoms with Gasteiger partial charge in [0.15, 0.2) is 0 Å². The van der Waals surface area contributed by atoms with Crippen LogP contribution in [-0.2, 0) is 4.74 Å². The maximum Gasteiger partial charge on any atom is 0.414 e. The van der Waals surface area contributed by atoms with Gasteiger partial charge in [0.25, 0.3) is 0 Å². The summed E-state index contributed by atoms with van der Waals surface area (Å²) >= 11 is 5.68. The van der Waals surface area contributed by atoms with Gasteiger partial charge in [-0.1, -0.05) is 25.1 Å². The molecule has 1 N–H and O–H groups in total. The molecule has 1 saturated heterocycles. The lowest BCUT2D eigenvalue weighted by molar-refractivity contribution is 0.129. The van der Waals surface area contributed by atoms with E-state index in [2.05, 4.69) is 6.58 Å². The summed E-state index contributed by atoms with van der Waals surface area (Å²) in [7, 11) is 0. The lowest BCUT2D eigenvalue weighted by Crippen LogP contribution is -2.37. The van der Waals surface area contributed by atoms with Crippen LogP contribution in [0, 0.1) is 11.3 Å². The summed E-state index contributed by atoms with van der Waals surface area (Å²) in [4.78, 5) is 13.2. The molecule has 1 aliphatic heterocycles. The number of cyclic esters (lactones) is 1. The summed E-state index contributed by atoms with van der Waals surface area (Å²) in [6.45, 7) is 6.89. The Kier molecular flexibility index (Phi) is 5.81. The smallest absolute Gasteiger partial charge is 0.414 e. The average Bonchev–Trinajstić information content (AvgIpc) is 2.68. The van der Waals surface area contributed by atoms with E-state index in [0.29, 0.717) is 12.1 Å². The summed E-state index contributed by atoms with van der Waals surface area (Å²) in [5, 5.41) is 18.4. The molecule has 1 amide bonds. The molecule has 0 aromatic heterocycles. The zero-order valence-corrected chi connectivity index (χ0v) is 12.2. The third-order valence-corrected chi connectivity index (χ3v) is 3.27. The number of amides is 1. The quantitative estimate of drug-likeness (QED) is 0.625. The largest absolute Gasteiger partial charge is 0.444 e. The Balaban J connectivity index is 3.10. The zero-order valence-electron chi connectivity index (χ0n) is 11.5. The Morgan fingerprint density at radius 2 is 2.30 bits per heavy atom. The molecule has 5 nitrogen and oxygen atoms in total. The Labute approximate surface area is 123 Å². The zero-order chi connectivity index (χ0) is 15.3. The van der Waals surface area contributed by atoms with E-state index in [9.17, 15) is 9.90 Å². The fraction of sp³-hybridized carbons (Fsp3) is 0.429. The molecule has 0 unspecified atom stereocenters. The van der Waals surface area contributed by atoms with Crippen molar-refractivity contribution in [2.75, 3.05) is 6.61 Å². The first-order valence-electron chi connectivity index (χ1n) is 6.22. The molecule has 0 bridgehead atoms. The van der Waals surface area contributed by atoms with Crippen LogP contribution in [0.15, 0.2) is 35.0 Å². The van der Waals surface area contributed by atoms with E-state index >= 15 is 0 Å². The summed E-state index contributed by atoms with van der Waals surface area (Å²) in [6, 6.07) is 1.49. The number of carbonyl (C=O) groups is 1. The second kappa shape index (κ2) is 7.13. The highest BCUT2D eigenvalue weighted by Gasteiger charge is 2.39. The molecule has 1 rings (SSSR count). The number of halogens is 1. The number of hydrogen-bond acceptors (Lipinski definition) is 4. The number of nitriles is 1. The molecule has 0 aromatic carbocycles. The summed E-state index contributed by atoms with van der Waals surface area (Å²) in [6.07, 6.45) is 2.78. The van der Waals surface area contributed by atoms with Gasteiger partial charge in [-0.2, -0.15) is 5.26 Å². The van der Waals surface area contributed by atoms with Crippen LogP contribution >= 0.6 is 11.6 Å². The predicted molar refractivity (Wildman–Crippen MR) is 75.7 cm³/mol. The van der Waals surface area contributed by atoms with Crippen molar-refractivity contribution in [1.82, 2.24) is 4.90 Å². The number of aliphatic hydroxyl groups excluding tert-OH is 1. The Hall–Kier alpha value is -1.77. The molecule has 0 spiro atoms. The first kappa shape index (κ1) is 16.3. The van der Waals surface area contributed by atoms with Gasteiger partial charge in [-0.25, -0.2) is 4.79 Å². The van der Waals surface area contributed by atoms with Crippen LogP contribution in [0.25, 0.3) is 0 Å². The van der Waals surface area contributed by atoms with Gasteiger partial charge in [0.05, 0.1) is 23.3 Å². The fourth-order valence-corrected chi connectivity index (χ4v) is 2.04. The van der Waals surface area contributed by atoms with Gasteiger partial charge < -0.3 is 9.84 Å². The van der Waals surface area contributed by atoms with Crippen molar-refractivity contribution in [3.8, 4) is 6.07 Å². The molecule has 20 heavy (non-hydrogen) atoms. The van der Waals surface area contributed by atoms with Gasteiger partial charge in [0.2, 0.25) is 0 Å². The van der Waals surface area contributed by atoms with Gasteiger partial charge in [-0.3, -0.25) is 4.90 Å². The number of nitrogens with zero attached hydrogens (tertiary/aromatic N) is 2. The Bertz CT molecular complexity index is 505. The molecular weight excluding hydrogens is 280 g/mol. The van der Waals surface area contributed by atoms with E-state index in [-0.39, 0.29) is 23.3 Å². The standard InChI is InChI=1S/C14H17ClN2O3/c1-4-12(6-5-11(7-16)9(2)15)17-13(8-18)10(3)20-14(17)19/h5-6,10,13,18H,2,4,8H2,1,3H3/b11-5-,12-6+/t10-,13-/m0/s1. The van der Waals surface area contributed by atoms with Crippen molar-refractivity contribution in [3.05, 3.63) is 35.0 Å². The molecule has 108 valence electrons. The van der Waals surface area contributed by atoms with E-state index in [0.717, 1.165) is 0 Å². The molecule has 6 heteroatoms. The molecule has 2 atom stereocenters. The van der Waals surface area contributed by atoms with Crippen molar-refractivity contribution in [2.24, 2.45) is 0 Å². The number of hydrogen-bond donors (Lipinski definition) is 1. The van der Waals surface area contributed by atoms with Gasteiger partial charge in [-0.15, -0.1) is 0 Å². The minimum Gasteiger partial charge on any atom is -0.444 e. The molecule has 1 fully saturated rings. The lowest BCUT2D eigenvalue weighted by Gasteiger charge is -2.23. The highest BCUT2D eigenvalue weighted by atomic mass is 35.5. The monoisotopic (exact) mass is 296 g/mol. The van der Waals surface area contributed by atoms with Crippen LogP contribution < -0.4 is 0 Å². The van der Waals surface area contributed by atoms with Crippen LogP contribution in [0.4, 0.5) is 4.79 Å². The van der Waals surface area contributed by atoms with Crippen molar-refractivity contribution in [1.29, 1.82) is 5.26 Å². The van der Waals surface area contributed by atoms with E-state index < -0.39 is 12.1 Å². The average molecular weight is 297 g/mol. The molecule has 0 aromatic rings. The van der Waals surface area contributed by atoms with Gasteiger partial charge in [0, 0.05) is 5.70 Å². The maximum atomic E-state index is 11.8. The molecular formula is C14H17ClN2O3. The van der Waals surface area contributed by atoms with Gasteiger partial charge in [-0.05, 0) is 25.5 Å². The van der Waals surface area contributed by atoms with E-state index in [4.69, 9.17) is 21.6 Å². The number of ether oxygens (including phenoxy) is 1. The molecule has 1 heterocycles. The van der Waals surface area contributed by atoms with Crippen LogP contribution in [0.2, 0.25) is 0 Å². The Morgan fingerprint density at radius 3 is 2.75 bits per heavy atom. The number of carbonyl (C=O) groups excluding carboxylic acids is 1. The summed E-state index contributed by atoms with van der Waals surface area (Å²) < 4.78 is 5.10. The van der Waals surface area contributed by atoms with Gasteiger partial charge >= 0.3 is 6.09 Å². The first-order valence-corrected chi connectivity index (χ1v) is 6.60. The minimum absolute atomic E-state index is 0.135. The highest BCUT2D eigenvalue weighted by molar-refractivity contribution is 6.32. The molecule has 0 radical (unpaired) electrons. The fourth-order valence-electron chi connectivity index (χ4n) is 1.94. The molecule has 0 saturated carbocycles. The van der Waals surface area contributed by atoms with Crippen molar-refractivity contribution >= 4 is 17.7 Å². The third-order valence-electron chi connectivity index (χ3n) is 3.07. The molecule has 1 aliphatic rings. The first-order chi connectivity index (χ1) is 9.46. The second-order valence-electron chi connectivity index (χ2n) is 4.32. The van der Waals surface area contributed by atoms with Crippen LogP contribution in [0.5, 0.6) is 0 Å². The normalized spacial score (nSPS) is 23.6. The van der Waals surface area contributed by atoms with Crippen molar-refractivity contribution in [2.45, 2.75) is 32.4 Å². The molecule has 0 aliphatic carbocycles. The maximum absolute atomic E-state index is 11.8. The predicted octanol–water partition coefficient (Wildman–Crippen LogP) is 2.68. The number of aliphatic hydroxyl groups is 1. The van der Waals surface area contributed by atoms with Crippen LogP contribution in [0.3, 0.4) is 0 Å². The van der Waals surface area contributed by atoms with E-state index in [1.165, 1.54) is 11.0 Å². The summed E-state index contributed by atoms with van der Waals surface area (Å²) in [5.41, 5.74) is 0.864.